The van der Waals surface area contributed by atoms with Gasteiger partial charge in [-0.1, -0.05) is 96.5 Å². The van der Waals surface area contributed by atoms with Crippen LogP contribution in [-0.4, -0.2) is 78.0 Å². The number of piperidine rings is 1. The molecule has 3 aliphatic rings. The molecule has 3 aliphatic heterocycles. The number of likely N-dealkylation sites (tertiary alicyclic amines) is 1. The van der Waals surface area contributed by atoms with Gasteiger partial charge in [0.05, 0.1) is 12.7 Å². The maximum atomic E-state index is 14.3. The third-order valence-corrected chi connectivity index (χ3v) is 10.8. The molecule has 0 radical (unpaired) electrons. The Labute approximate surface area is 305 Å². The largest absolute Gasteiger partial charge is 0.343 e. The molecule has 4 aromatic rings. The van der Waals surface area contributed by atoms with Crippen LogP contribution in [0.1, 0.15) is 35.1 Å². The van der Waals surface area contributed by atoms with Crippen LogP contribution in [0.4, 0.5) is 5.69 Å². The van der Waals surface area contributed by atoms with Crippen LogP contribution in [0.15, 0.2) is 109 Å². The molecule has 2 saturated heterocycles. The molecule has 2 fully saturated rings. The molecule has 2 atom stereocenters. The summed E-state index contributed by atoms with van der Waals surface area (Å²) in [6, 6.07) is 34.7. The van der Waals surface area contributed by atoms with E-state index >= 15 is 0 Å². The topological polar surface area (TPSA) is 97.0 Å². The van der Waals surface area contributed by atoms with Gasteiger partial charge in [0.2, 0.25) is 17.7 Å². The van der Waals surface area contributed by atoms with E-state index in [9.17, 15) is 14.4 Å². The maximum Gasteiger partial charge on any atom is 0.250 e. The van der Waals surface area contributed by atoms with Gasteiger partial charge in [-0.05, 0) is 65.8 Å². The van der Waals surface area contributed by atoms with Gasteiger partial charge < -0.3 is 30.7 Å². The zero-order valence-corrected chi connectivity index (χ0v) is 29.5. The Morgan fingerprint density at radius 1 is 0.843 bits per heavy atom. The lowest BCUT2D eigenvalue weighted by Gasteiger charge is -2.44. The van der Waals surface area contributed by atoms with Crippen LogP contribution in [0.25, 0.3) is 0 Å². The number of rotatable bonds is 11. The van der Waals surface area contributed by atoms with E-state index in [2.05, 4.69) is 57.2 Å². The van der Waals surface area contributed by atoms with Crippen molar-refractivity contribution in [3.05, 3.63) is 136 Å². The number of nitrogens with zero attached hydrogens (tertiary/aromatic N) is 3. The van der Waals surface area contributed by atoms with Gasteiger partial charge in [0.15, 0.2) is 0 Å². The van der Waals surface area contributed by atoms with Crippen LogP contribution in [-0.2, 0) is 40.3 Å². The summed E-state index contributed by atoms with van der Waals surface area (Å²) in [6.07, 6.45) is 1.91. The van der Waals surface area contributed by atoms with Gasteiger partial charge in [0, 0.05) is 56.4 Å². The number of halogens is 1. The summed E-state index contributed by atoms with van der Waals surface area (Å²) >= 11 is 6.17. The fourth-order valence-corrected chi connectivity index (χ4v) is 7.83. The van der Waals surface area contributed by atoms with Gasteiger partial charge in [0.1, 0.15) is 11.6 Å². The van der Waals surface area contributed by atoms with E-state index in [0.29, 0.717) is 70.1 Å². The van der Waals surface area contributed by atoms with Crippen LogP contribution < -0.4 is 20.9 Å². The third kappa shape index (κ3) is 7.81. The molecule has 0 aliphatic carbocycles. The molecule has 0 saturated carbocycles. The highest BCUT2D eigenvalue weighted by Crippen LogP contribution is 2.39. The Morgan fingerprint density at radius 2 is 1.51 bits per heavy atom. The molecule has 51 heavy (non-hydrogen) atoms. The zero-order chi connectivity index (χ0) is 35.2. The lowest BCUT2D eigenvalue weighted by Crippen LogP contribution is -2.60. The number of para-hydroxylation sites is 1. The van der Waals surface area contributed by atoms with Gasteiger partial charge >= 0.3 is 0 Å². The molecule has 3 amide bonds. The number of nitrogens with one attached hydrogen (secondary N) is 3. The first-order valence-electron chi connectivity index (χ1n) is 17.9. The van der Waals surface area contributed by atoms with Crippen molar-refractivity contribution in [2.75, 3.05) is 37.7 Å². The number of fused-ring (bicyclic) bond motifs is 1. The van der Waals surface area contributed by atoms with Crippen molar-refractivity contribution in [1.82, 2.24) is 25.8 Å². The van der Waals surface area contributed by atoms with E-state index in [4.69, 9.17) is 11.6 Å². The minimum absolute atomic E-state index is 0.106. The van der Waals surface area contributed by atoms with Crippen LogP contribution in [0.5, 0.6) is 0 Å². The molecule has 0 unspecified atom stereocenters. The van der Waals surface area contributed by atoms with Crippen molar-refractivity contribution in [2.45, 2.75) is 56.4 Å². The highest BCUT2D eigenvalue weighted by molar-refractivity contribution is 6.30. The minimum Gasteiger partial charge on any atom is -0.343 e. The van der Waals surface area contributed by atoms with Crippen LogP contribution in [0, 0.1) is 0 Å². The van der Waals surface area contributed by atoms with E-state index in [1.165, 1.54) is 11.1 Å². The molecule has 9 nitrogen and oxygen atoms in total. The van der Waals surface area contributed by atoms with Crippen LogP contribution >= 0.6 is 11.6 Å². The second-order valence-electron chi connectivity index (χ2n) is 13.8. The SMILES string of the molecule is O=C(N[C@H](Cc1ccc(Cl)cc1)C(=O)N1CCC2(CC1)C(=O)N(CCNCc1ccccc1)CN2c1ccccc1)[C@H]1Cc2ccccc2CN1. The molecule has 3 N–H and O–H groups in total. The van der Waals surface area contributed by atoms with Crippen molar-refractivity contribution >= 4 is 35.0 Å². The first kappa shape index (κ1) is 34.7. The third-order valence-electron chi connectivity index (χ3n) is 10.6. The predicted molar refractivity (Wildman–Crippen MR) is 200 cm³/mol. The Hall–Kier alpha value is -4.70. The average molecular weight is 705 g/mol. The molecule has 0 aromatic heterocycles. The van der Waals surface area contributed by atoms with Crippen molar-refractivity contribution < 1.29 is 14.4 Å². The van der Waals surface area contributed by atoms with Gasteiger partial charge in [-0.25, -0.2) is 0 Å². The first-order chi connectivity index (χ1) is 24.9. The Kier molecular flexibility index (Phi) is 10.7. The summed E-state index contributed by atoms with van der Waals surface area (Å²) in [7, 11) is 0. The zero-order valence-electron chi connectivity index (χ0n) is 28.8. The number of hydrogen-bond acceptors (Lipinski definition) is 6. The number of hydrogen-bond donors (Lipinski definition) is 3. The number of amides is 3. The van der Waals surface area contributed by atoms with E-state index in [1.807, 2.05) is 70.5 Å². The number of carbonyl (C=O) groups excluding carboxylic acids is 3. The fourth-order valence-electron chi connectivity index (χ4n) is 7.70. The number of anilines is 1. The molecule has 0 bridgehead atoms. The summed E-state index contributed by atoms with van der Waals surface area (Å²) in [4.78, 5) is 48.3. The molecule has 3 heterocycles. The quantitative estimate of drug-likeness (QED) is 0.199. The molecule has 264 valence electrons. The van der Waals surface area contributed by atoms with E-state index in [0.717, 1.165) is 23.4 Å². The number of benzene rings is 4. The van der Waals surface area contributed by atoms with Crippen molar-refractivity contribution in [3.63, 3.8) is 0 Å². The summed E-state index contributed by atoms with van der Waals surface area (Å²) in [5, 5.41) is 10.6. The molecule has 7 rings (SSSR count). The van der Waals surface area contributed by atoms with Gasteiger partial charge in [-0.2, -0.15) is 0 Å². The van der Waals surface area contributed by atoms with Crippen LogP contribution in [0.3, 0.4) is 0 Å². The summed E-state index contributed by atoms with van der Waals surface area (Å²) in [5.41, 5.74) is 4.70. The van der Waals surface area contributed by atoms with Crippen molar-refractivity contribution in [2.24, 2.45) is 0 Å². The second-order valence-corrected chi connectivity index (χ2v) is 14.2. The molecule has 1 spiro atoms. The fraction of sp³-hybridized carbons (Fsp3) is 0.341. The normalized spacial score (nSPS) is 18.8. The Bertz CT molecular complexity index is 1810. The monoisotopic (exact) mass is 704 g/mol. The highest BCUT2D eigenvalue weighted by Gasteiger charge is 2.54. The molecular weight excluding hydrogens is 660 g/mol. The Morgan fingerprint density at radius 3 is 2.24 bits per heavy atom. The van der Waals surface area contributed by atoms with E-state index in [-0.39, 0.29) is 17.7 Å². The summed E-state index contributed by atoms with van der Waals surface area (Å²) in [5.74, 6) is -0.222. The number of carbonyl (C=O) groups is 3. The van der Waals surface area contributed by atoms with Crippen LogP contribution in [0.2, 0.25) is 5.02 Å². The van der Waals surface area contributed by atoms with Gasteiger partial charge in [-0.3, -0.25) is 14.4 Å². The van der Waals surface area contributed by atoms with Gasteiger partial charge in [0.25, 0.3) is 0 Å². The molecule has 4 aromatic carbocycles. The van der Waals surface area contributed by atoms with Crippen molar-refractivity contribution in [1.29, 1.82) is 0 Å². The first-order valence-corrected chi connectivity index (χ1v) is 18.3. The predicted octanol–water partition coefficient (Wildman–Crippen LogP) is 4.54. The van der Waals surface area contributed by atoms with Crippen molar-refractivity contribution in [3.8, 4) is 0 Å². The van der Waals surface area contributed by atoms with E-state index < -0.39 is 17.6 Å². The smallest absolute Gasteiger partial charge is 0.250 e. The lowest BCUT2D eigenvalue weighted by molar-refractivity contribution is -0.141. The second kappa shape index (κ2) is 15.7. The minimum atomic E-state index is -0.761. The van der Waals surface area contributed by atoms with E-state index in [1.54, 1.807) is 12.1 Å². The molecule has 10 heteroatoms. The molecular formula is C41H45ClN6O3. The lowest BCUT2D eigenvalue weighted by atomic mass is 9.85. The summed E-state index contributed by atoms with van der Waals surface area (Å²) in [6.45, 7) is 3.93. The average Bonchev–Trinajstić information content (AvgIpc) is 3.44. The highest BCUT2D eigenvalue weighted by atomic mass is 35.5. The Balaban J connectivity index is 1.04. The maximum absolute atomic E-state index is 14.3. The van der Waals surface area contributed by atoms with Gasteiger partial charge in [-0.15, -0.1) is 0 Å². The summed E-state index contributed by atoms with van der Waals surface area (Å²) < 4.78 is 0. The standard InChI is InChI=1S/C41H45ClN6O3/c42-34-17-15-30(16-18-34)25-37(45-38(49)36-26-32-11-7-8-12-33(32)28-44-36)39(50)46-22-19-41(20-23-46)40(51)47(29-48(41)35-13-5-2-6-14-35)24-21-43-27-31-9-3-1-4-10-31/h1-18,36-37,43-44H,19-29H2,(H,45,49)/t36-,37-/m1/s1.